The third kappa shape index (κ3) is 4.07. The van der Waals surface area contributed by atoms with Gasteiger partial charge >= 0.3 is 0 Å². The van der Waals surface area contributed by atoms with Crippen molar-refractivity contribution in [2.24, 2.45) is 5.92 Å². The van der Waals surface area contributed by atoms with Crippen LogP contribution in [0.15, 0.2) is 18.2 Å². The summed E-state index contributed by atoms with van der Waals surface area (Å²) < 4.78 is 0. The van der Waals surface area contributed by atoms with Crippen molar-refractivity contribution in [2.45, 2.75) is 20.8 Å². The van der Waals surface area contributed by atoms with Crippen molar-refractivity contribution in [3.8, 4) is 5.75 Å². The van der Waals surface area contributed by atoms with Crippen LogP contribution in [0, 0.1) is 12.8 Å². The van der Waals surface area contributed by atoms with Gasteiger partial charge in [-0.05, 0) is 37.2 Å². The summed E-state index contributed by atoms with van der Waals surface area (Å²) in [6, 6.07) is 4.91. The highest BCUT2D eigenvalue weighted by molar-refractivity contribution is 5.93. The van der Waals surface area contributed by atoms with Gasteiger partial charge in [-0.15, -0.1) is 0 Å². The second-order valence-electron chi connectivity index (χ2n) is 4.20. The summed E-state index contributed by atoms with van der Waals surface area (Å²) >= 11 is 0. The molecule has 0 radical (unpaired) electrons. The molecule has 1 atom stereocenters. The van der Waals surface area contributed by atoms with Crippen LogP contribution in [0.25, 0.3) is 0 Å². The molecule has 1 rings (SSSR count). The lowest BCUT2D eigenvalue weighted by Crippen LogP contribution is -2.30. The maximum absolute atomic E-state index is 11.8. The van der Waals surface area contributed by atoms with E-state index in [0.717, 1.165) is 17.8 Å². The zero-order chi connectivity index (χ0) is 12.8. The highest BCUT2D eigenvalue weighted by Crippen LogP contribution is 2.20. The number of anilines is 1. The minimum atomic E-state index is -0.0804. The number of phenols is 1. The molecule has 0 fully saturated rings. The van der Waals surface area contributed by atoms with Crippen LogP contribution in [0.1, 0.15) is 19.4 Å². The number of hydrogen-bond acceptors (Lipinski definition) is 3. The average molecular weight is 236 g/mol. The van der Waals surface area contributed by atoms with Crippen LogP contribution in [0.5, 0.6) is 5.75 Å². The van der Waals surface area contributed by atoms with Gasteiger partial charge in [0.25, 0.3) is 0 Å². The first kappa shape index (κ1) is 13.5. The third-order valence-electron chi connectivity index (χ3n) is 2.62. The van der Waals surface area contributed by atoms with Gasteiger partial charge < -0.3 is 15.7 Å². The van der Waals surface area contributed by atoms with Crippen LogP contribution in [-0.4, -0.2) is 24.1 Å². The lowest BCUT2D eigenvalue weighted by atomic mass is 10.1. The lowest BCUT2D eigenvalue weighted by Gasteiger charge is -2.14. The van der Waals surface area contributed by atoms with E-state index in [1.54, 1.807) is 18.2 Å². The van der Waals surface area contributed by atoms with E-state index in [1.165, 1.54) is 0 Å². The molecule has 1 aromatic rings. The number of benzene rings is 1. The van der Waals surface area contributed by atoms with Gasteiger partial charge in [-0.2, -0.15) is 0 Å². The molecule has 3 N–H and O–H groups in total. The molecule has 17 heavy (non-hydrogen) atoms. The Morgan fingerprint density at radius 3 is 2.76 bits per heavy atom. The summed E-state index contributed by atoms with van der Waals surface area (Å²) in [6.45, 7) is 7.27. The molecule has 0 bridgehead atoms. The molecule has 4 nitrogen and oxygen atoms in total. The summed E-state index contributed by atoms with van der Waals surface area (Å²) in [5, 5.41) is 15.3. The standard InChI is InChI=1S/C13H20N2O2/c1-4-14-8-10(3)13(17)15-12-6-5-11(16)7-9(12)2/h5-7,10,14,16H,4,8H2,1-3H3,(H,15,17). The minimum absolute atomic E-state index is 0.0141. The fraction of sp³-hybridized carbons (Fsp3) is 0.462. The zero-order valence-electron chi connectivity index (χ0n) is 10.6. The Hall–Kier alpha value is -1.55. The summed E-state index contributed by atoms with van der Waals surface area (Å²) in [6.07, 6.45) is 0. The quantitative estimate of drug-likeness (QED) is 0.684. The Balaban J connectivity index is 2.61. The molecule has 0 aliphatic heterocycles. The molecule has 0 aromatic heterocycles. The van der Waals surface area contributed by atoms with Gasteiger partial charge in [-0.25, -0.2) is 0 Å². The molecule has 1 aromatic carbocycles. The zero-order valence-corrected chi connectivity index (χ0v) is 10.6. The molecule has 1 unspecified atom stereocenters. The second-order valence-corrected chi connectivity index (χ2v) is 4.20. The summed E-state index contributed by atoms with van der Waals surface area (Å²) in [4.78, 5) is 11.8. The maximum atomic E-state index is 11.8. The molecule has 1 amide bonds. The fourth-order valence-electron chi connectivity index (χ4n) is 1.50. The number of rotatable bonds is 5. The van der Waals surface area contributed by atoms with Crippen molar-refractivity contribution in [2.75, 3.05) is 18.4 Å². The summed E-state index contributed by atoms with van der Waals surface area (Å²) in [7, 11) is 0. The Kier molecular flexibility index (Phi) is 4.97. The number of nitrogens with one attached hydrogen (secondary N) is 2. The van der Waals surface area contributed by atoms with E-state index in [4.69, 9.17) is 0 Å². The minimum Gasteiger partial charge on any atom is -0.508 e. The van der Waals surface area contributed by atoms with E-state index in [1.807, 2.05) is 20.8 Å². The van der Waals surface area contributed by atoms with E-state index in [2.05, 4.69) is 10.6 Å². The molecule has 94 valence electrons. The molecule has 0 saturated heterocycles. The Morgan fingerprint density at radius 2 is 2.18 bits per heavy atom. The van der Waals surface area contributed by atoms with Crippen LogP contribution in [0.3, 0.4) is 0 Å². The SMILES string of the molecule is CCNCC(C)C(=O)Nc1ccc(O)cc1C. The molecule has 0 aliphatic carbocycles. The molecule has 0 saturated carbocycles. The number of aryl methyl sites for hydroxylation is 1. The largest absolute Gasteiger partial charge is 0.508 e. The maximum Gasteiger partial charge on any atom is 0.228 e. The van der Waals surface area contributed by atoms with Crippen molar-refractivity contribution in [1.82, 2.24) is 5.32 Å². The Labute approximate surface area is 102 Å². The van der Waals surface area contributed by atoms with Crippen LogP contribution in [0.2, 0.25) is 0 Å². The van der Waals surface area contributed by atoms with Gasteiger partial charge in [0.15, 0.2) is 0 Å². The first-order valence-corrected chi connectivity index (χ1v) is 5.85. The van der Waals surface area contributed by atoms with Crippen LogP contribution in [0.4, 0.5) is 5.69 Å². The summed E-state index contributed by atoms with van der Waals surface area (Å²) in [5.74, 6) is 0.115. The predicted molar refractivity (Wildman–Crippen MR) is 69.2 cm³/mol. The summed E-state index contributed by atoms with van der Waals surface area (Å²) in [5.41, 5.74) is 1.60. The van der Waals surface area contributed by atoms with Crippen LogP contribution in [-0.2, 0) is 4.79 Å². The van der Waals surface area contributed by atoms with Gasteiger partial charge in [0.05, 0.1) is 0 Å². The van der Waals surface area contributed by atoms with Gasteiger partial charge in [-0.3, -0.25) is 4.79 Å². The van der Waals surface area contributed by atoms with Crippen molar-refractivity contribution in [1.29, 1.82) is 0 Å². The molecule has 0 aliphatic rings. The smallest absolute Gasteiger partial charge is 0.228 e. The molecular weight excluding hydrogens is 216 g/mol. The highest BCUT2D eigenvalue weighted by Gasteiger charge is 2.13. The molecular formula is C13H20N2O2. The Bertz CT molecular complexity index is 391. The van der Waals surface area contributed by atoms with E-state index in [0.29, 0.717) is 6.54 Å². The van der Waals surface area contributed by atoms with E-state index >= 15 is 0 Å². The van der Waals surface area contributed by atoms with Gasteiger partial charge in [0.1, 0.15) is 5.75 Å². The normalized spacial score (nSPS) is 12.2. The van der Waals surface area contributed by atoms with Gasteiger partial charge in [-0.1, -0.05) is 13.8 Å². The average Bonchev–Trinajstić information content (AvgIpc) is 2.29. The first-order valence-electron chi connectivity index (χ1n) is 5.85. The monoisotopic (exact) mass is 236 g/mol. The van der Waals surface area contributed by atoms with E-state index in [9.17, 15) is 9.90 Å². The Morgan fingerprint density at radius 1 is 1.47 bits per heavy atom. The molecule has 4 heteroatoms. The fourth-order valence-corrected chi connectivity index (χ4v) is 1.50. The number of phenolic OH excluding ortho intramolecular Hbond substituents is 1. The first-order chi connectivity index (χ1) is 8.04. The van der Waals surface area contributed by atoms with Crippen LogP contribution < -0.4 is 10.6 Å². The van der Waals surface area contributed by atoms with Crippen molar-refractivity contribution in [3.63, 3.8) is 0 Å². The number of carbonyl (C=O) groups excluding carboxylic acids is 1. The van der Waals surface area contributed by atoms with Crippen LogP contribution >= 0.6 is 0 Å². The van der Waals surface area contributed by atoms with Crippen molar-refractivity contribution >= 4 is 11.6 Å². The predicted octanol–water partition coefficient (Wildman–Crippen LogP) is 1.88. The van der Waals surface area contributed by atoms with Crippen molar-refractivity contribution < 1.29 is 9.90 Å². The third-order valence-corrected chi connectivity index (χ3v) is 2.62. The highest BCUT2D eigenvalue weighted by atomic mass is 16.3. The number of amides is 1. The lowest BCUT2D eigenvalue weighted by molar-refractivity contribution is -0.119. The molecule has 0 spiro atoms. The second kappa shape index (κ2) is 6.25. The number of carbonyl (C=O) groups is 1. The van der Waals surface area contributed by atoms with Gasteiger partial charge in [0.2, 0.25) is 5.91 Å². The van der Waals surface area contributed by atoms with E-state index in [-0.39, 0.29) is 17.6 Å². The van der Waals surface area contributed by atoms with Crippen molar-refractivity contribution in [3.05, 3.63) is 23.8 Å². The number of aromatic hydroxyl groups is 1. The molecule has 0 heterocycles. The van der Waals surface area contributed by atoms with E-state index < -0.39 is 0 Å². The number of hydrogen-bond donors (Lipinski definition) is 3. The van der Waals surface area contributed by atoms with Gasteiger partial charge in [0, 0.05) is 18.2 Å². The topological polar surface area (TPSA) is 61.4 Å².